The Labute approximate surface area is 60.6 Å². The third-order valence-corrected chi connectivity index (χ3v) is 1.68. The molecule has 1 saturated heterocycles. The quantitative estimate of drug-likeness (QED) is 0.535. The second kappa shape index (κ2) is 3.32. The Bertz CT molecular complexity index is 105. The molecular formula is C7H13O3. The molecule has 0 aromatic heterocycles. The minimum atomic E-state index is -0.436. The molecule has 3 heteroatoms. The predicted octanol–water partition coefficient (Wildman–Crippen LogP) is -0.279. The van der Waals surface area contributed by atoms with Crippen molar-refractivity contribution in [3.05, 3.63) is 6.92 Å². The lowest BCUT2D eigenvalue weighted by Crippen LogP contribution is -2.17. The second-order valence-electron chi connectivity index (χ2n) is 2.53. The molecule has 0 aliphatic carbocycles. The van der Waals surface area contributed by atoms with Gasteiger partial charge in [-0.15, -0.1) is 0 Å². The van der Waals surface area contributed by atoms with E-state index < -0.39 is 6.10 Å². The van der Waals surface area contributed by atoms with Gasteiger partial charge in [-0.2, -0.15) is 0 Å². The van der Waals surface area contributed by atoms with Crippen LogP contribution >= 0.6 is 0 Å². The normalized spacial score (nSPS) is 33.9. The summed E-state index contributed by atoms with van der Waals surface area (Å²) < 4.78 is 4.95. The SMILES string of the molecule is [CH2]CCC(O)C1OC1CO. The summed E-state index contributed by atoms with van der Waals surface area (Å²) in [6.07, 6.45) is 0.670. The van der Waals surface area contributed by atoms with Crippen LogP contribution in [-0.2, 0) is 4.74 Å². The smallest absolute Gasteiger partial charge is 0.112 e. The predicted molar refractivity (Wildman–Crippen MR) is 36.3 cm³/mol. The van der Waals surface area contributed by atoms with Gasteiger partial charge in [0, 0.05) is 0 Å². The van der Waals surface area contributed by atoms with E-state index in [1.807, 2.05) is 0 Å². The van der Waals surface area contributed by atoms with Gasteiger partial charge in [0.2, 0.25) is 0 Å². The number of ether oxygens (including phenoxy) is 1. The van der Waals surface area contributed by atoms with Crippen molar-refractivity contribution in [2.45, 2.75) is 31.2 Å². The summed E-state index contributed by atoms with van der Waals surface area (Å²) in [6, 6.07) is 0. The summed E-state index contributed by atoms with van der Waals surface area (Å²) in [6.45, 7) is 3.62. The van der Waals surface area contributed by atoms with Crippen molar-refractivity contribution in [3.63, 3.8) is 0 Å². The molecule has 1 fully saturated rings. The van der Waals surface area contributed by atoms with E-state index in [-0.39, 0.29) is 18.8 Å². The Balaban J connectivity index is 2.12. The summed E-state index contributed by atoms with van der Waals surface area (Å²) in [7, 11) is 0. The Hall–Kier alpha value is -0.120. The van der Waals surface area contributed by atoms with Gasteiger partial charge in [0.25, 0.3) is 0 Å². The molecule has 0 aromatic rings. The van der Waals surface area contributed by atoms with Crippen LogP contribution < -0.4 is 0 Å². The van der Waals surface area contributed by atoms with Gasteiger partial charge < -0.3 is 14.9 Å². The van der Waals surface area contributed by atoms with Crippen molar-refractivity contribution in [2.75, 3.05) is 6.61 Å². The van der Waals surface area contributed by atoms with Crippen molar-refractivity contribution in [1.29, 1.82) is 0 Å². The monoisotopic (exact) mass is 145 g/mol. The van der Waals surface area contributed by atoms with Crippen LogP contribution in [0.4, 0.5) is 0 Å². The zero-order valence-electron chi connectivity index (χ0n) is 5.86. The van der Waals surface area contributed by atoms with Gasteiger partial charge in [-0.05, 0) is 6.42 Å². The number of hydrogen-bond donors (Lipinski definition) is 2. The Kier molecular flexibility index (Phi) is 2.65. The average Bonchev–Trinajstić information content (AvgIpc) is 2.66. The van der Waals surface area contributed by atoms with Crippen LogP contribution in [0.2, 0.25) is 0 Å². The molecule has 59 valence electrons. The first-order chi connectivity index (χ1) is 4.79. The largest absolute Gasteiger partial charge is 0.394 e. The molecule has 1 heterocycles. The first-order valence-electron chi connectivity index (χ1n) is 3.53. The van der Waals surface area contributed by atoms with E-state index >= 15 is 0 Å². The molecule has 1 aliphatic rings. The maximum Gasteiger partial charge on any atom is 0.112 e. The van der Waals surface area contributed by atoms with Crippen molar-refractivity contribution >= 4 is 0 Å². The third kappa shape index (κ3) is 1.68. The van der Waals surface area contributed by atoms with Gasteiger partial charge in [-0.3, -0.25) is 0 Å². The number of hydrogen-bond acceptors (Lipinski definition) is 3. The third-order valence-electron chi connectivity index (χ3n) is 1.68. The lowest BCUT2D eigenvalue weighted by molar-refractivity contribution is 0.127. The van der Waals surface area contributed by atoms with E-state index in [0.717, 1.165) is 0 Å². The maximum absolute atomic E-state index is 9.21. The zero-order valence-corrected chi connectivity index (χ0v) is 5.86. The van der Waals surface area contributed by atoms with E-state index in [2.05, 4.69) is 6.92 Å². The van der Waals surface area contributed by atoms with Crippen LogP contribution in [0, 0.1) is 6.92 Å². The molecule has 1 rings (SSSR count). The van der Waals surface area contributed by atoms with Crippen molar-refractivity contribution < 1.29 is 14.9 Å². The first-order valence-corrected chi connectivity index (χ1v) is 3.53. The van der Waals surface area contributed by atoms with E-state index in [0.29, 0.717) is 12.8 Å². The minimum Gasteiger partial charge on any atom is -0.394 e. The molecule has 0 bridgehead atoms. The maximum atomic E-state index is 9.21. The first kappa shape index (κ1) is 7.98. The molecule has 2 N–H and O–H groups in total. The highest BCUT2D eigenvalue weighted by molar-refractivity contribution is 4.89. The Morgan fingerprint density at radius 1 is 1.60 bits per heavy atom. The van der Waals surface area contributed by atoms with Gasteiger partial charge in [0.05, 0.1) is 12.7 Å². The summed E-state index contributed by atoms with van der Waals surface area (Å²) in [5.74, 6) is 0. The van der Waals surface area contributed by atoms with E-state index in [9.17, 15) is 5.11 Å². The van der Waals surface area contributed by atoms with Gasteiger partial charge >= 0.3 is 0 Å². The molecule has 0 amide bonds. The van der Waals surface area contributed by atoms with Crippen LogP contribution in [0.3, 0.4) is 0 Å². The van der Waals surface area contributed by atoms with Crippen molar-refractivity contribution in [3.8, 4) is 0 Å². The number of aliphatic hydroxyl groups excluding tert-OH is 2. The molecule has 0 aromatic carbocycles. The molecule has 1 aliphatic heterocycles. The van der Waals surface area contributed by atoms with Crippen LogP contribution in [-0.4, -0.2) is 35.1 Å². The summed E-state index contributed by atoms with van der Waals surface area (Å²) in [4.78, 5) is 0. The number of rotatable bonds is 4. The highest BCUT2D eigenvalue weighted by atomic mass is 16.6. The highest BCUT2D eigenvalue weighted by Gasteiger charge is 2.43. The summed E-state index contributed by atoms with van der Waals surface area (Å²) in [5, 5.41) is 17.8. The molecule has 3 atom stereocenters. The fraction of sp³-hybridized carbons (Fsp3) is 0.857. The van der Waals surface area contributed by atoms with Crippen molar-refractivity contribution in [1.82, 2.24) is 0 Å². The molecule has 0 saturated carbocycles. The molecule has 10 heavy (non-hydrogen) atoms. The van der Waals surface area contributed by atoms with Gasteiger partial charge in [-0.1, -0.05) is 13.3 Å². The Morgan fingerprint density at radius 2 is 2.30 bits per heavy atom. The van der Waals surface area contributed by atoms with Gasteiger partial charge in [-0.25, -0.2) is 0 Å². The fourth-order valence-corrected chi connectivity index (χ4v) is 1.02. The lowest BCUT2D eigenvalue weighted by atomic mass is 10.1. The second-order valence-corrected chi connectivity index (χ2v) is 2.53. The summed E-state index contributed by atoms with van der Waals surface area (Å²) >= 11 is 0. The number of epoxide rings is 1. The van der Waals surface area contributed by atoms with E-state index in [1.54, 1.807) is 0 Å². The molecule has 3 unspecified atom stereocenters. The topological polar surface area (TPSA) is 53.0 Å². The zero-order chi connectivity index (χ0) is 7.56. The van der Waals surface area contributed by atoms with Crippen LogP contribution in [0.1, 0.15) is 12.8 Å². The van der Waals surface area contributed by atoms with Crippen LogP contribution in [0.25, 0.3) is 0 Å². The number of aliphatic hydroxyl groups is 2. The average molecular weight is 145 g/mol. The Morgan fingerprint density at radius 3 is 2.70 bits per heavy atom. The highest BCUT2D eigenvalue weighted by Crippen LogP contribution is 2.26. The molecule has 0 spiro atoms. The molecule has 3 nitrogen and oxygen atoms in total. The van der Waals surface area contributed by atoms with Gasteiger partial charge in [0.15, 0.2) is 0 Å². The summed E-state index contributed by atoms with van der Waals surface area (Å²) in [5.41, 5.74) is 0. The lowest BCUT2D eigenvalue weighted by Gasteiger charge is -2.02. The van der Waals surface area contributed by atoms with E-state index in [4.69, 9.17) is 9.84 Å². The standard InChI is InChI=1S/C7H13O3/c1-2-3-5(9)7-6(4-8)10-7/h5-9H,1-4H2. The van der Waals surface area contributed by atoms with E-state index in [1.165, 1.54) is 0 Å². The molecular weight excluding hydrogens is 132 g/mol. The van der Waals surface area contributed by atoms with Crippen molar-refractivity contribution in [2.24, 2.45) is 0 Å². The minimum absolute atomic E-state index is 0.0128. The van der Waals surface area contributed by atoms with Crippen LogP contribution in [0.15, 0.2) is 0 Å². The molecule has 1 radical (unpaired) electrons. The van der Waals surface area contributed by atoms with Crippen LogP contribution in [0.5, 0.6) is 0 Å². The van der Waals surface area contributed by atoms with Gasteiger partial charge in [0.1, 0.15) is 12.2 Å². The fourth-order valence-electron chi connectivity index (χ4n) is 1.02.